The minimum absolute atomic E-state index is 0.000359. The van der Waals surface area contributed by atoms with Crippen LogP contribution in [0.25, 0.3) is 0 Å². The molecule has 17 heteroatoms. The number of carbonyl (C=O) groups excluding carboxylic acids is 7. The monoisotopic (exact) mass is 1070 g/mol. The molecule has 1 aromatic carbocycles. The molecule has 2 fully saturated rings. The number of likely N-dealkylation sites (N-methyl/N-ethyl adjacent to an activating group) is 2. The molecule has 0 radical (unpaired) electrons. The van der Waals surface area contributed by atoms with Gasteiger partial charge in [-0.3, -0.25) is 33.6 Å². The van der Waals surface area contributed by atoms with Crippen LogP contribution in [0.3, 0.4) is 0 Å². The average molecular weight is 1070 g/mol. The van der Waals surface area contributed by atoms with Gasteiger partial charge in [0.1, 0.15) is 17.9 Å². The van der Waals surface area contributed by atoms with Crippen molar-refractivity contribution in [3.8, 4) is 0 Å². The quantitative estimate of drug-likeness (QED) is 0.0507. The molecule has 3 rings (SSSR count). The normalized spacial score (nSPS) is 21.6. The van der Waals surface area contributed by atoms with Gasteiger partial charge in [0.15, 0.2) is 5.78 Å². The Bertz CT molecular complexity index is 1810. The minimum atomic E-state index is -0.942. The van der Waals surface area contributed by atoms with Crippen molar-refractivity contribution in [2.45, 2.75) is 173 Å². The first-order valence-electron chi connectivity index (χ1n) is 24.2. The number of nitrogens with zero attached hydrogens (tertiary/aromatic N) is 3. The molecule has 0 bridgehead atoms. The van der Waals surface area contributed by atoms with Crippen LogP contribution in [0.1, 0.15) is 131 Å². The fraction of sp³-hybridized carbons (Fsp3) is 0.740. The summed E-state index contributed by atoms with van der Waals surface area (Å²) in [5.74, 6) is -3.36. The Labute approximate surface area is 416 Å². The number of aliphatic hydroxyl groups is 1. The Hall–Kier alpha value is -3.13. The van der Waals surface area contributed by atoms with Crippen LogP contribution < -0.4 is 10.6 Å². The SMILES string of the molecule is CC[C@H](C)[C@@H]([C@@H](CC(=O)N1CCC[C@H]1[C@H](OC)[C@@H](C)C(=O)N[C@H](C)[C@@H](O)c1ccccc1)OC)N(C)C(=O)[C@@H](NC(=O)[C@H](C(C)C)N(C)C(=O)CCCCCC1C(=O)CC(SI)C1=O)C(C)C. The number of rotatable bonds is 27. The number of methoxy groups -OCH3 is 2. The number of aliphatic hydroxyl groups excluding tert-OH is 1. The van der Waals surface area contributed by atoms with E-state index >= 15 is 0 Å². The van der Waals surface area contributed by atoms with Gasteiger partial charge >= 0.3 is 0 Å². The van der Waals surface area contributed by atoms with Crippen molar-refractivity contribution in [3.05, 3.63) is 35.9 Å². The molecule has 2 aliphatic rings. The number of halogens is 1. The van der Waals surface area contributed by atoms with Crippen LogP contribution >= 0.6 is 30.1 Å². The van der Waals surface area contributed by atoms with Crippen molar-refractivity contribution >= 4 is 71.2 Å². The van der Waals surface area contributed by atoms with E-state index in [1.54, 1.807) is 49.9 Å². The summed E-state index contributed by atoms with van der Waals surface area (Å²) in [6.07, 6.45) is 2.61. The summed E-state index contributed by atoms with van der Waals surface area (Å²) in [5.41, 5.74) is 0.690. The highest BCUT2D eigenvalue weighted by Gasteiger charge is 2.44. The lowest BCUT2D eigenvalue weighted by Crippen LogP contribution is -2.60. The van der Waals surface area contributed by atoms with Gasteiger partial charge in [0.25, 0.3) is 0 Å². The number of carbonyl (C=O) groups is 7. The van der Waals surface area contributed by atoms with E-state index in [-0.39, 0.29) is 83.5 Å². The maximum Gasteiger partial charge on any atom is 0.245 e. The van der Waals surface area contributed by atoms with E-state index in [4.69, 9.17) is 9.47 Å². The van der Waals surface area contributed by atoms with Gasteiger partial charge in [-0.25, -0.2) is 0 Å². The Balaban J connectivity index is 1.69. The van der Waals surface area contributed by atoms with Gasteiger partial charge < -0.3 is 39.9 Å². The van der Waals surface area contributed by atoms with Gasteiger partial charge in [0.2, 0.25) is 29.5 Å². The third kappa shape index (κ3) is 15.4. The minimum Gasteiger partial charge on any atom is -0.386 e. The van der Waals surface area contributed by atoms with E-state index < -0.39 is 60.2 Å². The lowest BCUT2D eigenvalue weighted by molar-refractivity contribution is -0.148. The van der Waals surface area contributed by atoms with Crippen molar-refractivity contribution in [3.63, 3.8) is 0 Å². The standard InChI is InChI=1S/C50H80IN5O10S/c1-13-31(6)44(38(65-11)28-41(59)56-26-20-24-36(56)47(66-12)32(7)48(62)52-33(8)45(60)34-21-16-14-17-22-34)55(10)50(64)42(29(2)3)53-49(63)43(30(4)5)54(9)40(58)25-19-15-18-23-35-37(57)27-39(67-51)46(35)61/h14,16-17,21-22,29-33,35-36,38-39,42-45,47,60H,13,15,18-20,23-28H2,1-12H3,(H,52,62)(H,53,63)/t31-,32+,33+,35?,36-,38+,39?,42-,43-,44-,45+,47+/m0/s1. The number of benzene rings is 1. The third-order valence-electron chi connectivity index (χ3n) is 14.1. The molecule has 378 valence electrons. The highest BCUT2D eigenvalue weighted by Crippen LogP contribution is 2.35. The van der Waals surface area contributed by atoms with Gasteiger partial charge in [0.05, 0.1) is 59.9 Å². The lowest BCUT2D eigenvalue weighted by atomic mass is 9.89. The maximum absolute atomic E-state index is 14.6. The fourth-order valence-corrected chi connectivity index (χ4v) is 11.7. The van der Waals surface area contributed by atoms with E-state index in [2.05, 4.69) is 31.8 Å². The van der Waals surface area contributed by atoms with Crippen LogP contribution in [0.15, 0.2) is 30.3 Å². The zero-order chi connectivity index (χ0) is 50.3. The molecular weight excluding hydrogens is 990 g/mol. The predicted molar refractivity (Wildman–Crippen MR) is 270 cm³/mol. The summed E-state index contributed by atoms with van der Waals surface area (Å²) in [6.45, 7) is 15.4. The lowest BCUT2D eigenvalue weighted by Gasteiger charge is -2.41. The predicted octanol–water partition coefficient (Wildman–Crippen LogP) is 6.33. The van der Waals surface area contributed by atoms with Crippen LogP contribution in [0, 0.1) is 29.6 Å². The Morgan fingerprint density at radius 1 is 0.896 bits per heavy atom. The molecule has 15 nitrogen and oxygen atoms in total. The fourth-order valence-electron chi connectivity index (χ4n) is 9.90. The van der Waals surface area contributed by atoms with Gasteiger partial charge in [-0.1, -0.05) is 107 Å². The number of hydrogen-bond donors (Lipinski definition) is 3. The number of ketones is 2. The molecule has 67 heavy (non-hydrogen) atoms. The zero-order valence-electron chi connectivity index (χ0n) is 42.0. The first-order chi connectivity index (χ1) is 31.7. The summed E-state index contributed by atoms with van der Waals surface area (Å²) >= 11 is 2.07. The molecule has 3 N–H and O–H groups in total. The van der Waals surface area contributed by atoms with E-state index in [1.807, 2.05) is 59.7 Å². The molecule has 0 aromatic heterocycles. The molecule has 5 amide bonds. The highest BCUT2D eigenvalue weighted by molar-refractivity contribution is 14.2. The van der Waals surface area contributed by atoms with Crippen molar-refractivity contribution in [2.24, 2.45) is 29.6 Å². The molecule has 0 spiro atoms. The molecular formula is C50H80IN5O10S. The van der Waals surface area contributed by atoms with Crippen LogP contribution in [0.2, 0.25) is 0 Å². The summed E-state index contributed by atoms with van der Waals surface area (Å²) in [7, 11) is 7.75. The molecule has 1 saturated heterocycles. The van der Waals surface area contributed by atoms with Crippen LogP contribution in [-0.2, 0) is 43.0 Å². The first-order valence-corrected chi connectivity index (χ1v) is 27.6. The van der Waals surface area contributed by atoms with Crippen molar-refractivity contribution < 1.29 is 48.1 Å². The number of nitrogens with one attached hydrogen (secondary N) is 2. The van der Waals surface area contributed by atoms with E-state index in [0.29, 0.717) is 50.6 Å². The highest BCUT2D eigenvalue weighted by atomic mass is 127. The number of ether oxygens (including phenoxy) is 2. The molecule has 2 unspecified atom stereocenters. The van der Waals surface area contributed by atoms with Crippen LogP contribution in [-0.4, -0.2) is 143 Å². The molecule has 1 aromatic rings. The van der Waals surface area contributed by atoms with E-state index in [0.717, 1.165) is 6.42 Å². The summed E-state index contributed by atoms with van der Waals surface area (Å²) < 4.78 is 12.0. The Morgan fingerprint density at radius 2 is 1.55 bits per heavy atom. The van der Waals surface area contributed by atoms with Crippen molar-refractivity contribution in [1.82, 2.24) is 25.3 Å². The van der Waals surface area contributed by atoms with Crippen molar-refractivity contribution in [1.29, 1.82) is 0 Å². The zero-order valence-corrected chi connectivity index (χ0v) is 45.0. The summed E-state index contributed by atoms with van der Waals surface area (Å²) in [5, 5.41) is 16.6. The maximum atomic E-state index is 14.6. The molecule has 12 atom stereocenters. The molecule has 1 heterocycles. The van der Waals surface area contributed by atoms with E-state index in [9.17, 15) is 38.7 Å². The Kier molecular flexibility index (Phi) is 24.2. The second-order valence-corrected chi connectivity index (χ2v) is 21.7. The first kappa shape index (κ1) is 58.2. The third-order valence-corrected chi connectivity index (χ3v) is 16.6. The van der Waals surface area contributed by atoms with Crippen LogP contribution in [0.4, 0.5) is 0 Å². The molecule has 1 aliphatic heterocycles. The summed E-state index contributed by atoms with van der Waals surface area (Å²) in [4.78, 5) is 99.9. The average Bonchev–Trinajstić information content (AvgIpc) is 3.90. The van der Waals surface area contributed by atoms with Crippen molar-refractivity contribution in [2.75, 3.05) is 34.9 Å². The van der Waals surface area contributed by atoms with Gasteiger partial charge in [-0.2, -0.15) is 0 Å². The van der Waals surface area contributed by atoms with Gasteiger partial charge in [-0.15, -0.1) is 0 Å². The second kappa shape index (κ2) is 27.9. The number of unbranched alkanes of at least 4 members (excludes halogenated alkanes) is 2. The van der Waals surface area contributed by atoms with E-state index in [1.165, 1.54) is 28.1 Å². The number of likely N-dealkylation sites (tertiary alicyclic amines) is 1. The number of hydrogen-bond acceptors (Lipinski definition) is 11. The Morgan fingerprint density at radius 3 is 2.10 bits per heavy atom. The summed E-state index contributed by atoms with van der Waals surface area (Å²) in [6, 6.07) is 5.83. The van der Waals surface area contributed by atoms with Crippen LogP contribution in [0.5, 0.6) is 0 Å². The number of amides is 5. The molecule has 1 aliphatic carbocycles. The smallest absolute Gasteiger partial charge is 0.245 e. The second-order valence-electron chi connectivity index (χ2n) is 19.5. The topological polar surface area (TPSA) is 192 Å². The van der Waals surface area contributed by atoms with Gasteiger partial charge in [-0.05, 0) is 77.1 Å². The molecule has 1 saturated carbocycles. The largest absolute Gasteiger partial charge is 0.386 e. The van der Waals surface area contributed by atoms with Gasteiger partial charge in [0, 0.05) is 47.7 Å². The number of Topliss-reactive ketones (excluding diaryl/α,β-unsaturated/α-hetero) is 2.